The zero-order valence-electron chi connectivity index (χ0n) is 19.8. The Morgan fingerprint density at radius 2 is 1.97 bits per heavy atom. The Kier molecular flexibility index (Phi) is 6.18. The standard InChI is InChI=1S/C26H26N6O4/c1-16-24(22(34)14-30-8-6-20(33)7-9-30)25-21(32(16)19-4-2-17(11-27)3-5-19)10-18(12-28-25)13-31-15-23(35)29-26(31)36/h2-5,10,12,15,20,33,35H,6-9,13-14H2,1H3,(H,29,36). The first-order chi connectivity index (χ1) is 17.3. The van der Waals surface area contributed by atoms with Crippen molar-refractivity contribution >= 4 is 16.8 Å². The van der Waals surface area contributed by atoms with Gasteiger partial charge in [-0.05, 0) is 55.7 Å². The molecule has 10 nitrogen and oxygen atoms in total. The molecule has 1 aromatic carbocycles. The number of rotatable bonds is 6. The van der Waals surface area contributed by atoms with Crippen molar-refractivity contribution in [3.63, 3.8) is 0 Å². The summed E-state index contributed by atoms with van der Waals surface area (Å²) in [5, 5.41) is 28.6. The largest absolute Gasteiger partial charge is 0.493 e. The van der Waals surface area contributed by atoms with Crippen LogP contribution in [0.1, 0.15) is 40.0 Å². The number of likely N-dealkylation sites (tertiary alicyclic amines) is 1. The number of aromatic amines is 1. The van der Waals surface area contributed by atoms with Gasteiger partial charge in [-0.25, -0.2) is 4.79 Å². The van der Waals surface area contributed by atoms with Crippen LogP contribution in [-0.2, 0) is 6.54 Å². The Balaban J connectivity index is 1.59. The van der Waals surface area contributed by atoms with Gasteiger partial charge in [0.25, 0.3) is 0 Å². The first kappa shape index (κ1) is 23.5. The maximum Gasteiger partial charge on any atom is 0.328 e. The van der Waals surface area contributed by atoms with Gasteiger partial charge >= 0.3 is 5.69 Å². The number of hydrogen-bond acceptors (Lipinski definition) is 7. The third kappa shape index (κ3) is 4.42. The topological polar surface area (TPSA) is 140 Å². The fourth-order valence-corrected chi connectivity index (χ4v) is 4.85. The summed E-state index contributed by atoms with van der Waals surface area (Å²) in [6.45, 7) is 3.63. The van der Waals surface area contributed by atoms with Crippen molar-refractivity contribution < 1.29 is 15.0 Å². The van der Waals surface area contributed by atoms with Crippen LogP contribution in [0.3, 0.4) is 0 Å². The average Bonchev–Trinajstić information content (AvgIpc) is 3.34. The van der Waals surface area contributed by atoms with E-state index in [1.54, 1.807) is 18.3 Å². The van der Waals surface area contributed by atoms with E-state index < -0.39 is 5.69 Å². The normalized spacial score (nSPS) is 14.8. The number of aromatic hydroxyl groups is 1. The van der Waals surface area contributed by atoms with Crippen molar-refractivity contribution in [2.75, 3.05) is 19.6 Å². The molecule has 0 atom stereocenters. The number of piperidine rings is 1. The van der Waals surface area contributed by atoms with Gasteiger partial charge in [-0.1, -0.05) is 0 Å². The Morgan fingerprint density at radius 1 is 1.25 bits per heavy atom. The molecule has 1 fully saturated rings. The fourth-order valence-electron chi connectivity index (χ4n) is 4.85. The molecule has 1 aliphatic heterocycles. The number of hydrogen-bond donors (Lipinski definition) is 3. The molecule has 0 bridgehead atoms. The van der Waals surface area contributed by atoms with E-state index in [-0.39, 0.29) is 30.9 Å². The summed E-state index contributed by atoms with van der Waals surface area (Å²) >= 11 is 0. The highest BCUT2D eigenvalue weighted by Crippen LogP contribution is 2.30. The number of aromatic nitrogens is 4. The van der Waals surface area contributed by atoms with E-state index in [0.717, 1.165) is 16.9 Å². The summed E-state index contributed by atoms with van der Waals surface area (Å²) in [7, 11) is 0. The number of aliphatic hydroxyl groups is 1. The number of Topliss-reactive ketones (excluding diaryl/α,β-unsaturated/α-hetero) is 1. The van der Waals surface area contributed by atoms with Crippen LogP contribution in [0.5, 0.6) is 5.88 Å². The second kappa shape index (κ2) is 9.45. The monoisotopic (exact) mass is 486 g/mol. The summed E-state index contributed by atoms with van der Waals surface area (Å²) in [5.41, 5.74) is 4.14. The Labute approximate surface area is 206 Å². The predicted octanol–water partition coefficient (Wildman–Crippen LogP) is 2.09. The van der Waals surface area contributed by atoms with Crippen LogP contribution in [0, 0.1) is 18.3 Å². The van der Waals surface area contributed by atoms with Gasteiger partial charge in [0, 0.05) is 30.7 Å². The second-order valence-corrected chi connectivity index (χ2v) is 9.17. The number of nitrogens with one attached hydrogen (secondary N) is 1. The molecule has 10 heteroatoms. The molecular formula is C26H26N6O4. The van der Waals surface area contributed by atoms with Gasteiger partial charge in [-0.2, -0.15) is 5.26 Å². The van der Waals surface area contributed by atoms with Gasteiger partial charge < -0.3 is 14.8 Å². The third-order valence-electron chi connectivity index (χ3n) is 6.68. The molecule has 1 saturated heterocycles. The fraction of sp³-hybridized carbons (Fsp3) is 0.308. The smallest absolute Gasteiger partial charge is 0.328 e. The number of fused-ring (bicyclic) bond motifs is 1. The molecule has 36 heavy (non-hydrogen) atoms. The first-order valence-electron chi connectivity index (χ1n) is 11.8. The molecule has 0 amide bonds. The van der Waals surface area contributed by atoms with Crippen LogP contribution < -0.4 is 5.69 Å². The van der Waals surface area contributed by atoms with Crippen LogP contribution in [-0.4, -0.2) is 65.7 Å². The van der Waals surface area contributed by atoms with Crippen molar-refractivity contribution in [1.29, 1.82) is 5.26 Å². The number of benzene rings is 1. The van der Waals surface area contributed by atoms with Crippen LogP contribution in [0.4, 0.5) is 0 Å². The molecular weight excluding hydrogens is 460 g/mol. The number of nitrogens with zero attached hydrogens (tertiary/aromatic N) is 5. The summed E-state index contributed by atoms with van der Waals surface area (Å²) < 4.78 is 3.29. The quantitative estimate of drug-likeness (QED) is 0.355. The van der Waals surface area contributed by atoms with Crippen LogP contribution >= 0.6 is 0 Å². The summed E-state index contributed by atoms with van der Waals surface area (Å²) in [6, 6.07) is 11.1. The molecule has 5 rings (SSSR count). The van der Waals surface area contributed by atoms with Gasteiger partial charge in [0.05, 0.1) is 53.6 Å². The first-order valence-corrected chi connectivity index (χ1v) is 11.8. The van der Waals surface area contributed by atoms with E-state index in [0.29, 0.717) is 48.1 Å². The molecule has 3 aromatic heterocycles. The zero-order valence-corrected chi connectivity index (χ0v) is 19.8. The summed E-state index contributed by atoms with van der Waals surface area (Å²) in [5.74, 6) is -0.266. The van der Waals surface area contributed by atoms with Crippen molar-refractivity contribution in [1.82, 2.24) is 24.0 Å². The van der Waals surface area contributed by atoms with Crippen LogP contribution in [0.2, 0.25) is 0 Å². The van der Waals surface area contributed by atoms with Crippen LogP contribution in [0.25, 0.3) is 16.7 Å². The molecule has 0 saturated carbocycles. The second-order valence-electron chi connectivity index (χ2n) is 9.17. The predicted molar refractivity (Wildman–Crippen MR) is 132 cm³/mol. The molecule has 1 aliphatic rings. The number of carbonyl (C=O) groups excluding carboxylic acids is 1. The van der Waals surface area contributed by atoms with E-state index in [4.69, 9.17) is 0 Å². The van der Waals surface area contributed by atoms with E-state index in [9.17, 15) is 25.1 Å². The van der Waals surface area contributed by atoms with Crippen molar-refractivity contribution in [2.45, 2.75) is 32.4 Å². The van der Waals surface area contributed by atoms with Crippen molar-refractivity contribution in [2.24, 2.45) is 0 Å². The molecule has 0 spiro atoms. The van der Waals surface area contributed by atoms with E-state index in [2.05, 4.69) is 20.9 Å². The number of nitriles is 1. The SMILES string of the molecule is Cc1c(C(=O)CN2CCC(O)CC2)c2ncc(Cn3cc(O)[nH]c3=O)cc2n1-c1ccc(C#N)cc1. The molecule has 0 radical (unpaired) electrons. The minimum atomic E-state index is -0.436. The van der Waals surface area contributed by atoms with Gasteiger partial charge in [0.2, 0.25) is 5.88 Å². The number of aliphatic hydroxyl groups excluding tert-OH is 1. The summed E-state index contributed by atoms with van der Waals surface area (Å²) in [4.78, 5) is 34.6. The number of imidazole rings is 1. The minimum absolute atomic E-state index is 0.0479. The lowest BCUT2D eigenvalue weighted by molar-refractivity contribution is 0.0711. The van der Waals surface area contributed by atoms with Gasteiger partial charge in [-0.3, -0.25) is 24.2 Å². The number of pyridine rings is 1. The highest BCUT2D eigenvalue weighted by Gasteiger charge is 2.26. The Morgan fingerprint density at radius 3 is 2.61 bits per heavy atom. The highest BCUT2D eigenvalue weighted by molar-refractivity contribution is 6.09. The maximum absolute atomic E-state index is 13.5. The molecule has 4 aromatic rings. The number of ketones is 1. The van der Waals surface area contributed by atoms with Gasteiger partial charge in [-0.15, -0.1) is 0 Å². The lowest BCUT2D eigenvalue weighted by atomic mass is 10.1. The third-order valence-corrected chi connectivity index (χ3v) is 6.68. The molecule has 184 valence electrons. The maximum atomic E-state index is 13.5. The van der Waals surface area contributed by atoms with E-state index in [1.165, 1.54) is 10.8 Å². The zero-order chi connectivity index (χ0) is 25.4. The van der Waals surface area contributed by atoms with Gasteiger partial charge in [0.1, 0.15) is 0 Å². The Hall–Kier alpha value is -4.20. The molecule has 3 N–H and O–H groups in total. The van der Waals surface area contributed by atoms with Gasteiger partial charge in [0.15, 0.2) is 5.78 Å². The Bertz CT molecular complexity index is 1530. The van der Waals surface area contributed by atoms with Crippen LogP contribution in [0.15, 0.2) is 47.5 Å². The number of H-pyrrole nitrogens is 1. The average molecular weight is 487 g/mol. The molecule has 0 unspecified atom stereocenters. The highest BCUT2D eigenvalue weighted by atomic mass is 16.3. The van der Waals surface area contributed by atoms with Crippen molar-refractivity contribution in [3.05, 3.63) is 75.6 Å². The lowest BCUT2D eigenvalue weighted by Gasteiger charge is -2.28. The number of carbonyl (C=O) groups is 1. The van der Waals surface area contributed by atoms with E-state index in [1.807, 2.05) is 29.7 Å². The summed E-state index contributed by atoms with van der Waals surface area (Å²) in [6.07, 6.45) is 3.94. The minimum Gasteiger partial charge on any atom is -0.493 e. The molecule has 0 aliphatic carbocycles. The van der Waals surface area contributed by atoms with E-state index >= 15 is 0 Å². The van der Waals surface area contributed by atoms with Crippen molar-refractivity contribution in [3.8, 4) is 17.6 Å². The molecule has 4 heterocycles. The lowest BCUT2D eigenvalue weighted by Crippen LogP contribution is -2.39.